The second-order valence-corrected chi connectivity index (χ2v) is 3.84. The number of anilines is 1. The van der Waals surface area contributed by atoms with Crippen LogP contribution >= 0.6 is 0 Å². The molecule has 1 aromatic carbocycles. The maximum absolute atomic E-state index is 9.67. The maximum Gasteiger partial charge on any atom is 0.138 e. The number of piperidine rings is 1. The minimum absolute atomic E-state index is 0.239. The summed E-state index contributed by atoms with van der Waals surface area (Å²) in [5, 5.41) is 9.67. The summed E-state index contributed by atoms with van der Waals surface area (Å²) in [6.07, 6.45) is 2.19. The maximum atomic E-state index is 9.67. The Bertz CT molecular complexity index is 314. The first kappa shape index (κ1) is 9.34. The molecule has 1 aliphatic heterocycles. The highest BCUT2D eigenvalue weighted by atomic mass is 16.3. The van der Waals surface area contributed by atoms with Crippen molar-refractivity contribution in [2.45, 2.75) is 18.9 Å². The van der Waals surface area contributed by atoms with E-state index >= 15 is 0 Å². The van der Waals surface area contributed by atoms with Gasteiger partial charge in [0.05, 0.1) is 5.69 Å². The van der Waals surface area contributed by atoms with Gasteiger partial charge in [0.1, 0.15) is 5.75 Å². The van der Waals surface area contributed by atoms with Crippen molar-refractivity contribution in [3.05, 3.63) is 24.3 Å². The molecule has 0 aliphatic carbocycles. The molecule has 1 fully saturated rings. The van der Waals surface area contributed by atoms with E-state index in [4.69, 9.17) is 5.73 Å². The highest BCUT2D eigenvalue weighted by molar-refractivity contribution is 5.57. The third kappa shape index (κ3) is 1.82. The molecule has 1 aromatic rings. The fourth-order valence-electron chi connectivity index (χ4n) is 1.96. The van der Waals surface area contributed by atoms with Crippen LogP contribution in [0.2, 0.25) is 0 Å². The lowest BCUT2D eigenvalue weighted by Gasteiger charge is -2.32. The molecule has 1 unspecified atom stereocenters. The van der Waals surface area contributed by atoms with Crippen molar-refractivity contribution in [3.63, 3.8) is 0 Å². The molecule has 1 atom stereocenters. The van der Waals surface area contributed by atoms with Gasteiger partial charge in [0.2, 0.25) is 0 Å². The summed E-state index contributed by atoms with van der Waals surface area (Å²) in [4.78, 5) is 2.16. The van der Waals surface area contributed by atoms with E-state index in [9.17, 15) is 5.11 Å². The highest BCUT2D eigenvalue weighted by Crippen LogP contribution is 2.28. The standard InChI is InChI=1S/C11H16N2O/c12-9-4-3-7-13(8-9)10-5-1-2-6-11(10)14/h1-2,5-6,9,14H,3-4,7-8,12H2. The summed E-state index contributed by atoms with van der Waals surface area (Å²) >= 11 is 0. The minimum Gasteiger partial charge on any atom is -0.506 e. The monoisotopic (exact) mass is 192 g/mol. The number of phenolic OH excluding ortho intramolecular Hbond substituents is 1. The number of nitrogens with two attached hydrogens (primary N) is 1. The quantitative estimate of drug-likeness (QED) is 0.705. The topological polar surface area (TPSA) is 49.5 Å². The SMILES string of the molecule is NC1CCCN(c2ccccc2O)C1. The van der Waals surface area contributed by atoms with Crippen LogP contribution in [0.15, 0.2) is 24.3 Å². The Morgan fingerprint density at radius 1 is 1.36 bits per heavy atom. The lowest BCUT2D eigenvalue weighted by atomic mass is 10.1. The van der Waals surface area contributed by atoms with E-state index in [0.29, 0.717) is 5.75 Å². The summed E-state index contributed by atoms with van der Waals surface area (Å²) < 4.78 is 0. The first-order valence-electron chi connectivity index (χ1n) is 5.06. The molecule has 76 valence electrons. The summed E-state index contributed by atoms with van der Waals surface area (Å²) in [6, 6.07) is 7.67. The molecule has 3 heteroatoms. The molecule has 2 rings (SSSR count). The van der Waals surface area contributed by atoms with Gasteiger partial charge in [-0.2, -0.15) is 0 Å². The van der Waals surface area contributed by atoms with Crippen LogP contribution in [0.25, 0.3) is 0 Å². The number of benzene rings is 1. The van der Waals surface area contributed by atoms with Crippen molar-refractivity contribution in [3.8, 4) is 5.75 Å². The van der Waals surface area contributed by atoms with Gasteiger partial charge in [-0.25, -0.2) is 0 Å². The van der Waals surface area contributed by atoms with E-state index in [1.165, 1.54) is 0 Å². The van der Waals surface area contributed by atoms with Gasteiger partial charge in [-0.15, -0.1) is 0 Å². The van der Waals surface area contributed by atoms with Gasteiger partial charge in [-0.1, -0.05) is 12.1 Å². The average Bonchev–Trinajstić information content (AvgIpc) is 2.18. The van der Waals surface area contributed by atoms with Crippen molar-refractivity contribution in [2.75, 3.05) is 18.0 Å². The van der Waals surface area contributed by atoms with Gasteiger partial charge in [-0.05, 0) is 25.0 Å². The van der Waals surface area contributed by atoms with Crippen LogP contribution in [0.3, 0.4) is 0 Å². The van der Waals surface area contributed by atoms with Crippen LogP contribution < -0.4 is 10.6 Å². The van der Waals surface area contributed by atoms with Crippen molar-refractivity contribution in [1.82, 2.24) is 0 Å². The fourth-order valence-corrected chi connectivity index (χ4v) is 1.96. The Morgan fingerprint density at radius 2 is 2.14 bits per heavy atom. The van der Waals surface area contributed by atoms with Gasteiger partial charge in [0.15, 0.2) is 0 Å². The molecule has 1 aliphatic rings. The number of para-hydroxylation sites is 2. The molecule has 0 aromatic heterocycles. The van der Waals surface area contributed by atoms with Gasteiger partial charge >= 0.3 is 0 Å². The largest absolute Gasteiger partial charge is 0.506 e. The number of nitrogens with zero attached hydrogens (tertiary/aromatic N) is 1. The van der Waals surface area contributed by atoms with Crippen LogP contribution in [-0.2, 0) is 0 Å². The summed E-state index contributed by atoms with van der Waals surface area (Å²) in [5.41, 5.74) is 6.79. The number of rotatable bonds is 1. The molecule has 0 saturated carbocycles. The minimum atomic E-state index is 0.239. The zero-order chi connectivity index (χ0) is 9.97. The third-order valence-electron chi connectivity index (χ3n) is 2.68. The molecule has 3 nitrogen and oxygen atoms in total. The zero-order valence-corrected chi connectivity index (χ0v) is 8.19. The molecule has 1 heterocycles. The van der Waals surface area contributed by atoms with E-state index in [1.807, 2.05) is 18.2 Å². The van der Waals surface area contributed by atoms with Crippen molar-refractivity contribution < 1.29 is 5.11 Å². The lowest BCUT2D eigenvalue weighted by Crippen LogP contribution is -2.42. The third-order valence-corrected chi connectivity index (χ3v) is 2.68. The van der Waals surface area contributed by atoms with Gasteiger partial charge < -0.3 is 15.7 Å². The molecule has 0 amide bonds. The van der Waals surface area contributed by atoms with Crippen LogP contribution in [0.4, 0.5) is 5.69 Å². The second kappa shape index (κ2) is 3.88. The summed E-state index contributed by atoms with van der Waals surface area (Å²) in [7, 11) is 0. The Morgan fingerprint density at radius 3 is 2.86 bits per heavy atom. The molecule has 3 N–H and O–H groups in total. The molecule has 0 bridgehead atoms. The molecule has 14 heavy (non-hydrogen) atoms. The molecular formula is C11H16N2O. The number of aromatic hydroxyl groups is 1. The van der Waals surface area contributed by atoms with Crippen LogP contribution in [0.1, 0.15) is 12.8 Å². The van der Waals surface area contributed by atoms with E-state index in [-0.39, 0.29) is 6.04 Å². The molecule has 0 spiro atoms. The summed E-state index contributed by atoms with van der Waals surface area (Å²) in [6.45, 7) is 1.84. The van der Waals surface area contributed by atoms with E-state index < -0.39 is 0 Å². The molecule has 1 saturated heterocycles. The predicted octanol–water partition coefficient (Wildman–Crippen LogP) is 1.32. The van der Waals surface area contributed by atoms with E-state index in [1.54, 1.807) is 6.07 Å². The Balaban J connectivity index is 2.18. The van der Waals surface area contributed by atoms with Crippen LogP contribution in [0, 0.1) is 0 Å². The van der Waals surface area contributed by atoms with Crippen LogP contribution in [0.5, 0.6) is 5.75 Å². The second-order valence-electron chi connectivity index (χ2n) is 3.84. The fraction of sp³-hybridized carbons (Fsp3) is 0.455. The first-order chi connectivity index (χ1) is 6.77. The molecular weight excluding hydrogens is 176 g/mol. The highest BCUT2D eigenvalue weighted by Gasteiger charge is 2.18. The van der Waals surface area contributed by atoms with E-state index in [2.05, 4.69) is 4.90 Å². The summed E-state index contributed by atoms with van der Waals surface area (Å²) in [5.74, 6) is 0.349. The van der Waals surface area contributed by atoms with Crippen molar-refractivity contribution in [2.24, 2.45) is 5.73 Å². The number of phenols is 1. The van der Waals surface area contributed by atoms with Gasteiger partial charge in [0.25, 0.3) is 0 Å². The van der Waals surface area contributed by atoms with Crippen molar-refractivity contribution in [1.29, 1.82) is 0 Å². The van der Waals surface area contributed by atoms with Gasteiger partial charge in [-0.3, -0.25) is 0 Å². The zero-order valence-electron chi connectivity index (χ0n) is 8.19. The van der Waals surface area contributed by atoms with Gasteiger partial charge in [0, 0.05) is 19.1 Å². The smallest absolute Gasteiger partial charge is 0.138 e. The number of hydrogen-bond donors (Lipinski definition) is 2. The molecule has 0 radical (unpaired) electrons. The van der Waals surface area contributed by atoms with Crippen molar-refractivity contribution >= 4 is 5.69 Å². The normalized spacial score (nSPS) is 22.4. The lowest BCUT2D eigenvalue weighted by molar-refractivity contribution is 0.462. The Kier molecular flexibility index (Phi) is 2.59. The Hall–Kier alpha value is -1.22. The predicted molar refractivity (Wildman–Crippen MR) is 57.5 cm³/mol. The van der Waals surface area contributed by atoms with E-state index in [0.717, 1.165) is 31.6 Å². The average molecular weight is 192 g/mol. The van der Waals surface area contributed by atoms with Crippen LogP contribution in [-0.4, -0.2) is 24.2 Å². The first-order valence-corrected chi connectivity index (χ1v) is 5.06. The number of hydrogen-bond acceptors (Lipinski definition) is 3. The Labute approximate surface area is 84.1 Å².